The molecule has 1 aromatic carbocycles. The van der Waals surface area contributed by atoms with Crippen molar-refractivity contribution in [3.05, 3.63) is 33.4 Å². The number of halogens is 1. The monoisotopic (exact) mass is 257 g/mol. The third kappa shape index (κ3) is 1.40. The van der Waals surface area contributed by atoms with Crippen LogP contribution in [0, 0.1) is 6.92 Å². The quantitative estimate of drug-likeness (QED) is 0.627. The van der Waals surface area contributed by atoms with Crippen molar-refractivity contribution in [2.75, 3.05) is 0 Å². The van der Waals surface area contributed by atoms with Crippen LogP contribution in [0.1, 0.15) is 11.1 Å². The molecule has 0 aromatic heterocycles. The Balaban J connectivity index is 2.63. The summed E-state index contributed by atoms with van der Waals surface area (Å²) in [7, 11) is 0. The minimum atomic E-state index is -0.0398. The van der Waals surface area contributed by atoms with Crippen molar-refractivity contribution in [1.82, 2.24) is 0 Å². The normalized spacial score (nSPS) is 13.9. The van der Waals surface area contributed by atoms with Crippen molar-refractivity contribution in [2.45, 2.75) is 6.92 Å². The van der Waals surface area contributed by atoms with Crippen LogP contribution >= 0.6 is 21.0 Å². The highest BCUT2D eigenvalue weighted by molar-refractivity contribution is 14.2. The van der Waals surface area contributed by atoms with Gasteiger partial charge in [-0.05, 0) is 29.2 Å². The van der Waals surface area contributed by atoms with Gasteiger partial charge in [0.2, 0.25) is 0 Å². The minimum Gasteiger partial charge on any atom is -0.222 e. The zero-order valence-electron chi connectivity index (χ0n) is 6.21. The van der Waals surface area contributed by atoms with Crippen LogP contribution in [-0.4, -0.2) is 0 Å². The lowest BCUT2D eigenvalue weighted by atomic mass is 10.1. The van der Waals surface area contributed by atoms with Crippen molar-refractivity contribution in [2.24, 2.45) is 3.15 Å². The molecule has 1 aromatic rings. The minimum absolute atomic E-state index is 0.0398. The lowest BCUT2D eigenvalue weighted by molar-refractivity contribution is 1.44. The van der Waals surface area contributed by atoms with Crippen molar-refractivity contribution in [3.8, 4) is 0 Å². The first kappa shape index (κ1) is 7.16. The first-order chi connectivity index (χ1) is 5.36. The van der Waals surface area contributed by atoms with Gasteiger partial charge in [0.05, 0.1) is 5.69 Å². The van der Waals surface area contributed by atoms with Crippen molar-refractivity contribution < 1.29 is 0 Å². The third-order valence-electron chi connectivity index (χ3n) is 1.62. The van der Waals surface area contributed by atoms with Gasteiger partial charge < -0.3 is 0 Å². The largest absolute Gasteiger partial charge is 0.222 e. The van der Waals surface area contributed by atoms with Crippen molar-refractivity contribution >= 4 is 32.8 Å². The molecule has 0 aliphatic carbocycles. The van der Waals surface area contributed by atoms with Crippen LogP contribution in [0.5, 0.6) is 0 Å². The van der Waals surface area contributed by atoms with Gasteiger partial charge in [-0.1, -0.05) is 11.6 Å². The molecule has 0 spiro atoms. The fourth-order valence-corrected chi connectivity index (χ4v) is 2.51. The first-order valence-electron chi connectivity index (χ1n) is 3.47. The van der Waals surface area contributed by atoms with Crippen LogP contribution in [-0.2, 0) is 0 Å². The second-order valence-corrected chi connectivity index (χ2v) is 4.30. The standard InChI is InChI=1S/C9H8IN/c1-7-2-3-9-8(6-7)4-5-10-11-9/h2-6H,1H3. The molecule has 2 rings (SSSR count). The maximum Gasteiger partial charge on any atom is 0.0763 e. The predicted octanol–water partition coefficient (Wildman–Crippen LogP) is 3.77. The van der Waals surface area contributed by atoms with E-state index in [2.05, 4.69) is 38.4 Å². The molecule has 1 aliphatic heterocycles. The summed E-state index contributed by atoms with van der Waals surface area (Å²) in [4.78, 5) is 0. The molecule has 0 bridgehead atoms. The van der Waals surface area contributed by atoms with E-state index in [9.17, 15) is 0 Å². The molecule has 0 saturated carbocycles. The summed E-state index contributed by atoms with van der Waals surface area (Å²) in [5.41, 5.74) is 3.76. The van der Waals surface area contributed by atoms with Gasteiger partial charge in [-0.2, -0.15) is 0 Å². The number of fused-ring (bicyclic) bond motifs is 1. The number of aryl methyl sites for hydroxylation is 1. The molecule has 0 saturated heterocycles. The van der Waals surface area contributed by atoms with Crippen LogP contribution in [0.25, 0.3) is 6.08 Å². The van der Waals surface area contributed by atoms with Crippen molar-refractivity contribution in [1.29, 1.82) is 0 Å². The van der Waals surface area contributed by atoms with Gasteiger partial charge in [0.1, 0.15) is 0 Å². The third-order valence-corrected chi connectivity index (χ3v) is 3.10. The van der Waals surface area contributed by atoms with Gasteiger partial charge in [-0.15, -0.1) is 0 Å². The predicted molar refractivity (Wildman–Crippen MR) is 56.3 cm³/mol. The topological polar surface area (TPSA) is 12.4 Å². The Morgan fingerprint density at radius 3 is 3.18 bits per heavy atom. The van der Waals surface area contributed by atoms with E-state index in [-0.39, 0.29) is 21.0 Å². The fraction of sp³-hybridized carbons (Fsp3) is 0.111. The van der Waals surface area contributed by atoms with Gasteiger partial charge in [0.25, 0.3) is 0 Å². The maximum absolute atomic E-state index is 4.46. The molecule has 0 atom stereocenters. The van der Waals surface area contributed by atoms with E-state index in [0.717, 1.165) is 0 Å². The van der Waals surface area contributed by atoms with E-state index in [1.54, 1.807) is 0 Å². The maximum atomic E-state index is 4.46. The van der Waals surface area contributed by atoms with E-state index in [4.69, 9.17) is 0 Å². The Morgan fingerprint density at radius 1 is 1.36 bits per heavy atom. The van der Waals surface area contributed by atoms with Gasteiger partial charge in [-0.25, -0.2) is 3.15 Å². The number of hydrogen-bond donors (Lipinski definition) is 0. The summed E-state index contributed by atoms with van der Waals surface area (Å²) >= 11 is -0.0398. The van der Waals surface area contributed by atoms with Gasteiger partial charge >= 0.3 is 0 Å². The van der Waals surface area contributed by atoms with Crippen molar-refractivity contribution in [3.63, 3.8) is 0 Å². The van der Waals surface area contributed by atoms with Crippen LogP contribution in [0.3, 0.4) is 0 Å². The summed E-state index contributed by atoms with van der Waals surface area (Å²) < 4.78 is 6.65. The van der Waals surface area contributed by atoms with Crippen LogP contribution in [0.4, 0.5) is 5.69 Å². The molecular weight excluding hydrogens is 249 g/mol. The van der Waals surface area contributed by atoms with Gasteiger partial charge in [0, 0.05) is 26.6 Å². The van der Waals surface area contributed by atoms with E-state index in [1.165, 1.54) is 16.8 Å². The van der Waals surface area contributed by atoms with Crippen LogP contribution < -0.4 is 0 Å². The molecule has 56 valence electrons. The Kier molecular flexibility index (Phi) is 1.85. The Hall–Kier alpha value is -0.510. The van der Waals surface area contributed by atoms with E-state index in [1.807, 2.05) is 0 Å². The fourth-order valence-electron chi connectivity index (χ4n) is 1.06. The number of hydrogen-bond acceptors (Lipinski definition) is 1. The van der Waals surface area contributed by atoms with Gasteiger partial charge in [0.15, 0.2) is 0 Å². The average Bonchev–Trinajstić information content (AvgIpc) is 2.04. The Bertz CT molecular complexity index is 339. The summed E-state index contributed by atoms with van der Waals surface area (Å²) in [5, 5.41) is 0. The van der Waals surface area contributed by atoms with E-state index < -0.39 is 0 Å². The highest BCUT2D eigenvalue weighted by Crippen LogP contribution is 2.30. The van der Waals surface area contributed by atoms with Crippen LogP contribution in [0.2, 0.25) is 0 Å². The average molecular weight is 257 g/mol. The molecule has 1 heterocycles. The highest BCUT2D eigenvalue weighted by atomic mass is 127. The van der Waals surface area contributed by atoms with Gasteiger partial charge in [-0.3, -0.25) is 0 Å². The molecule has 1 nitrogen and oxygen atoms in total. The van der Waals surface area contributed by atoms with Crippen LogP contribution in [0.15, 0.2) is 25.4 Å². The molecule has 0 fully saturated rings. The smallest absolute Gasteiger partial charge is 0.0763 e. The number of rotatable bonds is 0. The zero-order chi connectivity index (χ0) is 7.68. The summed E-state index contributed by atoms with van der Waals surface area (Å²) in [5.74, 6) is 0. The molecule has 0 amide bonds. The second-order valence-electron chi connectivity index (χ2n) is 2.54. The summed E-state index contributed by atoms with van der Waals surface area (Å²) in [6, 6.07) is 6.40. The number of nitrogens with zero attached hydrogens (tertiary/aromatic N) is 1. The summed E-state index contributed by atoms with van der Waals surface area (Å²) in [6.45, 7) is 2.11. The summed E-state index contributed by atoms with van der Waals surface area (Å²) in [6.07, 6.45) is 2.18. The second kappa shape index (κ2) is 2.85. The molecule has 11 heavy (non-hydrogen) atoms. The lowest BCUT2D eigenvalue weighted by Crippen LogP contribution is -1.77. The molecule has 2 heteroatoms. The molecule has 0 N–H and O–H groups in total. The molecule has 0 unspecified atom stereocenters. The number of benzene rings is 1. The Labute approximate surface area is 76.3 Å². The lowest BCUT2D eigenvalue weighted by Gasteiger charge is -2.03. The van der Waals surface area contributed by atoms with E-state index >= 15 is 0 Å². The zero-order valence-corrected chi connectivity index (χ0v) is 8.37. The SMILES string of the molecule is Cc1ccc2c(c1)C=CI=N2. The van der Waals surface area contributed by atoms with E-state index in [0.29, 0.717) is 0 Å². The first-order valence-corrected chi connectivity index (χ1v) is 5.68. The molecule has 1 aliphatic rings. The molecular formula is C9H8IN. The molecule has 0 radical (unpaired) electrons. The Morgan fingerprint density at radius 2 is 2.27 bits per heavy atom. The highest BCUT2D eigenvalue weighted by Gasteiger charge is 1.99.